The molecule has 0 aliphatic carbocycles. The fourth-order valence-electron chi connectivity index (χ4n) is 2.25. The lowest BCUT2D eigenvalue weighted by Crippen LogP contribution is -2.24. The fraction of sp³-hybridized carbons (Fsp3) is 0.300. The van der Waals surface area contributed by atoms with Gasteiger partial charge in [0.05, 0.1) is 6.21 Å². The zero-order valence-electron chi connectivity index (χ0n) is 14.5. The molecule has 0 radical (unpaired) electrons. The average Bonchev–Trinajstić information content (AvgIpc) is 2.61. The molecule has 4 nitrogen and oxygen atoms in total. The van der Waals surface area contributed by atoms with Crippen molar-refractivity contribution in [2.24, 2.45) is 5.10 Å². The lowest BCUT2D eigenvalue weighted by molar-refractivity contribution is -0.123. The Morgan fingerprint density at radius 2 is 1.92 bits per heavy atom. The van der Waals surface area contributed by atoms with Crippen LogP contribution in [0.4, 0.5) is 0 Å². The number of ether oxygens (including phenoxy) is 1. The normalized spacial score (nSPS) is 12.1. The summed E-state index contributed by atoms with van der Waals surface area (Å²) in [7, 11) is 0. The Hall–Kier alpha value is -2.62. The van der Waals surface area contributed by atoms with Crippen LogP contribution >= 0.6 is 0 Å². The first-order valence-electron chi connectivity index (χ1n) is 8.20. The standard InChI is InChI=1S/C20H24N2O2/c1-4-16(3)18-7-5-6-8-19(18)24-14-20(23)22-21-13-17-11-9-15(2)10-12-17/h5-13,16H,4,14H2,1-3H3,(H,22,23). The minimum Gasteiger partial charge on any atom is -0.483 e. The molecule has 126 valence electrons. The van der Waals surface area contributed by atoms with Crippen molar-refractivity contribution in [3.63, 3.8) is 0 Å². The van der Waals surface area contributed by atoms with Gasteiger partial charge in [0.2, 0.25) is 0 Å². The van der Waals surface area contributed by atoms with Crippen molar-refractivity contribution in [2.45, 2.75) is 33.1 Å². The summed E-state index contributed by atoms with van der Waals surface area (Å²) in [6, 6.07) is 15.7. The number of carbonyl (C=O) groups is 1. The number of benzene rings is 2. The van der Waals surface area contributed by atoms with Gasteiger partial charge >= 0.3 is 0 Å². The first-order valence-corrected chi connectivity index (χ1v) is 8.20. The number of carbonyl (C=O) groups excluding carboxylic acids is 1. The molecule has 2 rings (SSSR count). The number of hydrazone groups is 1. The van der Waals surface area contributed by atoms with Crippen LogP contribution in [0.15, 0.2) is 53.6 Å². The maximum atomic E-state index is 11.9. The molecule has 2 aromatic rings. The van der Waals surface area contributed by atoms with Gasteiger partial charge in [0, 0.05) is 0 Å². The lowest BCUT2D eigenvalue weighted by Gasteiger charge is -2.15. The first kappa shape index (κ1) is 17.7. The summed E-state index contributed by atoms with van der Waals surface area (Å²) in [5, 5.41) is 3.95. The van der Waals surface area contributed by atoms with Gasteiger partial charge in [0.25, 0.3) is 5.91 Å². The molecule has 1 unspecified atom stereocenters. The lowest BCUT2D eigenvalue weighted by atomic mass is 9.98. The number of para-hydroxylation sites is 1. The molecule has 2 aromatic carbocycles. The topological polar surface area (TPSA) is 50.7 Å². The number of aryl methyl sites for hydroxylation is 1. The third-order valence-electron chi connectivity index (χ3n) is 3.90. The molecule has 0 saturated heterocycles. The largest absolute Gasteiger partial charge is 0.483 e. The quantitative estimate of drug-likeness (QED) is 0.617. The van der Waals surface area contributed by atoms with Gasteiger partial charge < -0.3 is 4.74 Å². The van der Waals surface area contributed by atoms with Gasteiger partial charge in [-0.05, 0) is 36.5 Å². The number of hydrogen-bond donors (Lipinski definition) is 1. The molecular formula is C20H24N2O2. The smallest absolute Gasteiger partial charge is 0.277 e. The van der Waals surface area contributed by atoms with Crippen molar-refractivity contribution in [1.29, 1.82) is 0 Å². The fourth-order valence-corrected chi connectivity index (χ4v) is 2.25. The third-order valence-corrected chi connectivity index (χ3v) is 3.90. The predicted octanol–water partition coefficient (Wildman–Crippen LogP) is 4.04. The summed E-state index contributed by atoms with van der Waals surface area (Å²) in [6.45, 7) is 6.25. The van der Waals surface area contributed by atoms with E-state index in [2.05, 4.69) is 24.4 Å². The van der Waals surface area contributed by atoms with Gasteiger partial charge in [-0.3, -0.25) is 4.79 Å². The highest BCUT2D eigenvalue weighted by atomic mass is 16.5. The van der Waals surface area contributed by atoms with Gasteiger partial charge in [0.15, 0.2) is 6.61 Å². The van der Waals surface area contributed by atoms with Gasteiger partial charge in [-0.25, -0.2) is 5.43 Å². The average molecular weight is 324 g/mol. The summed E-state index contributed by atoms with van der Waals surface area (Å²) in [6.07, 6.45) is 2.64. The van der Waals surface area contributed by atoms with Gasteiger partial charge in [-0.1, -0.05) is 61.9 Å². The van der Waals surface area contributed by atoms with Crippen LogP contribution in [-0.2, 0) is 4.79 Å². The van der Waals surface area contributed by atoms with E-state index in [0.717, 1.165) is 23.3 Å². The summed E-state index contributed by atoms with van der Waals surface area (Å²) in [5.41, 5.74) is 5.72. The van der Waals surface area contributed by atoms with E-state index < -0.39 is 0 Å². The summed E-state index contributed by atoms with van der Waals surface area (Å²) >= 11 is 0. The van der Waals surface area contributed by atoms with E-state index in [1.807, 2.05) is 55.5 Å². The molecule has 24 heavy (non-hydrogen) atoms. The second-order valence-corrected chi connectivity index (χ2v) is 5.84. The Kier molecular flexibility index (Phi) is 6.55. The molecule has 0 fully saturated rings. The molecular weight excluding hydrogens is 300 g/mol. The Balaban J connectivity index is 1.86. The van der Waals surface area contributed by atoms with Gasteiger partial charge in [0.1, 0.15) is 5.75 Å². The van der Waals surface area contributed by atoms with Crippen LogP contribution in [0.2, 0.25) is 0 Å². The van der Waals surface area contributed by atoms with E-state index >= 15 is 0 Å². The van der Waals surface area contributed by atoms with Crippen molar-refractivity contribution in [3.05, 3.63) is 65.2 Å². The van der Waals surface area contributed by atoms with Crippen LogP contribution in [0.3, 0.4) is 0 Å². The Bertz CT molecular complexity index is 693. The van der Waals surface area contributed by atoms with Crippen LogP contribution in [0.25, 0.3) is 0 Å². The van der Waals surface area contributed by atoms with Crippen molar-refractivity contribution in [1.82, 2.24) is 5.43 Å². The molecule has 0 saturated carbocycles. The van der Waals surface area contributed by atoms with Gasteiger partial charge in [-0.15, -0.1) is 0 Å². The van der Waals surface area contributed by atoms with E-state index in [-0.39, 0.29) is 12.5 Å². The SMILES string of the molecule is CCC(C)c1ccccc1OCC(=O)NN=Cc1ccc(C)cc1. The molecule has 1 atom stereocenters. The van der Waals surface area contributed by atoms with Crippen LogP contribution in [0, 0.1) is 6.92 Å². The maximum Gasteiger partial charge on any atom is 0.277 e. The molecule has 0 bridgehead atoms. The zero-order chi connectivity index (χ0) is 17.4. The second kappa shape index (κ2) is 8.87. The molecule has 0 aliphatic rings. The number of nitrogens with one attached hydrogen (secondary N) is 1. The molecule has 0 aromatic heterocycles. The predicted molar refractivity (Wildman–Crippen MR) is 97.6 cm³/mol. The number of nitrogens with zero attached hydrogens (tertiary/aromatic N) is 1. The third kappa shape index (κ3) is 5.23. The minimum atomic E-state index is -0.280. The number of rotatable bonds is 7. The van der Waals surface area contributed by atoms with Crippen molar-refractivity contribution >= 4 is 12.1 Å². The van der Waals surface area contributed by atoms with Crippen LogP contribution in [0.5, 0.6) is 5.75 Å². The van der Waals surface area contributed by atoms with E-state index in [1.165, 1.54) is 5.56 Å². The summed E-state index contributed by atoms with van der Waals surface area (Å²) < 4.78 is 5.65. The zero-order valence-corrected chi connectivity index (χ0v) is 14.5. The summed E-state index contributed by atoms with van der Waals surface area (Å²) in [5.74, 6) is 0.866. The van der Waals surface area contributed by atoms with Crippen LogP contribution < -0.4 is 10.2 Å². The Morgan fingerprint density at radius 1 is 1.21 bits per heavy atom. The van der Waals surface area contributed by atoms with Crippen molar-refractivity contribution in [3.8, 4) is 5.75 Å². The molecule has 0 aliphatic heterocycles. The first-order chi connectivity index (χ1) is 11.6. The highest BCUT2D eigenvalue weighted by Gasteiger charge is 2.10. The molecule has 0 spiro atoms. The number of hydrogen-bond acceptors (Lipinski definition) is 3. The van der Waals surface area contributed by atoms with Crippen molar-refractivity contribution in [2.75, 3.05) is 6.61 Å². The molecule has 4 heteroatoms. The number of amides is 1. The van der Waals surface area contributed by atoms with Crippen LogP contribution in [0.1, 0.15) is 42.9 Å². The molecule has 1 amide bonds. The van der Waals surface area contributed by atoms with Gasteiger partial charge in [-0.2, -0.15) is 5.10 Å². The van der Waals surface area contributed by atoms with Crippen molar-refractivity contribution < 1.29 is 9.53 Å². The van der Waals surface area contributed by atoms with E-state index in [0.29, 0.717) is 5.92 Å². The summed E-state index contributed by atoms with van der Waals surface area (Å²) in [4.78, 5) is 11.9. The maximum absolute atomic E-state index is 11.9. The van der Waals surface area contributed by atoms with Crippen LogP contribution in [-0.4, -0.2) is 18.7 Å². The Morgan fingerprint density at radius 3 is 2.62 bits per heavy atom. The highest BCUT2D eigenvalue weighted by molar-refractivity contribution is 5.82. The van der Waals surface area contributed by atoms with E-state index in [9.17, 15) is 4.79 Å². The molecule has 1 N–H and O–H groups in total. The molecule has 0 heterocycles. The monoisotopic (exact) mass is 324 g/mol. The Labute approximate surface area is 143 Å². The highest BCUT2D eigenvalue weighted by Crippen LogP contribution is 2.28. The van der Waals surface area contributed by atoms with E-state index in [4.69, 9.17) is 4.74 Å². The van der Waals surface area contributed by atoms with E-state index in [1.54, 1.807) is 6.21 Å². The second-order valence-electron chi connectivity index (χ2n) is 5.84. The minimum absolute atomic E-state index is 0.0569.